The zero-order valence-electron chi connectivity index (χ0n) is 19.2. The number of nitrogens with one attached hydrogen (secondary N) is 2. The van der Waals surface area contributed by atoms with E-state index in [-0.39, 0.29) is 36.2 Å². The van der Waals surface area contributed by atoms with Crippen LogP contribution in [0.5, 0.6) is 5.75 Å². The summed E-state index contributed by atoms with van der Waals surface area (Å²) in [6, 6.07) is 12.7. The molecule has 3 aromatic rings. The number of benzene rings is 2. The number of non-ortho nitro benzene ring substituents is 1. The summed E-state index contributed by atoms with van der Waals surface area (Å²) in [5, 5.41) is 19.2. The van der Waals surface area contributed by atoms with E-state index in [1.165, 1.54) is 35.6 Å². The molecule has 35 heavy (non-hydrogen) atoms. The molecule has 10 heteroatoms. The van der Waals surface area contributed by atoms with Crippen molar-refractivity contribution < 1.29 is 19.2 Å². The minimum atomic E-state index is -0.507. The van der Waals surface area contributed by atoms with Crippen LogP contribution in [0.3, 0.4) is 0 Å². The molecule has 0 aliphatic heterocycles. The maximum Gasteiger partial charge on any atom is 0.271 e. The van der Waals surface area contributed by atoms with E-state index in [1.54, 1.807) is 5.38 Å². The standard InChI is InChI=1S/C25H26N4O5S/c1-16-6-12-19(13-7-16)34-14-23-26-22(15-35-23)25(31)28-21-5-3-2-4-20(21)27-24(30)17-8-10-18(11-9-17)29(32)33/h6-13,15,20-21H,2-5,14H2,1H3,(H,27,30)(H,28,31)/t20-,21+/m1/s1. The van der Waals surface area contributed by atoms with Gasteiger partial charge in [0.15, 0.2) is 0 Å². The molecule has 2 aromatic carbocycles. The van der Waals surface area contributed by atoms with E-state index < -0.39 is 4.92 Å². The molecule has 0 bridgehead atoms. The molecule has 1 aromatic heterocycles. The molecular weight excluding hydrogens is 468 g/mol. The maximum absolute atomic E-state index is 12.9. The number of aryl methyl sites for hydroxylation is 1. The molecule has 1 fully saturated rings. The van der Waals surface area contributed by atoms with Gasteiger partial charge in [0.1, 0.15) is 23.1 Å². The number of thiazole rings is 1. The molecule has 2 amide bonds. The van der Waals surface area contributed by atoms with Crippen LogP contribution in [0.25, 0.3) is 0 Å². The lowest BCUT2D eigenvalue weighted by Gasteiger charge is -2.32. The molecule has 1 saturated carbocycles. The number of hydrogen-bond acceptors (Lipinski definition) is 7. The third-order valence-electron chi connectivity index (χ3n) is 5.91. The van der Waals surface area contributed by atoms with Gasteiger partial charge in [0.2, 0.25) is 0 Å². The summed E-state index contributed by atoms with van der Waals surface area (Å²) >= 11 is 1.36. The second-order valence-corrected chi connectivity index (χ2v) is 9.42. The van der Waals surface area contributed by atoms with Gasteiger partial charge >= 0.3 is 0 Å². The zero-order valence-corrected chi connectivity index (χ0v) is 20.0. The molecule has 1 aliphatic carbocycles. The van der Waals surface area contributed by atoms with Crippen molar-refractivity contribution in [2.45, 2.75) is 51.3 Å². The number of rotatable bonds is 8. The number of nitro benzene ring substituents is 1. The van der Waals surface area contributed by atoms with Crippen molar-refractivity contribution in [1.82, 2.24) is 15.6 Å². The molecule has 1 aliphatic rings. The lowest BCUT2D eigenvalue weighted by atomic mass is 9.90. The molecule has 0 spiro atoms. The van der Waals surface area contributed by atoms with Crippen LogP contribution in [0.1, 0.15) is 57.1 Å². The summed E-state index contributed by atoms with van der Waals surface area (Å²) in [5.74, 6) is 0.130. The molecule has 4 rings (SSSR count). The Hall–Kier alpha value is -3.79. The Morgan fingerprint density at radius 3 is 2.29 bits per heavy atom. The van der Waals surface area contributed by atoms with Crippen LogP contribution < -0.4 is 15.4 Å². The predicted octanol–water partition coefficient (Wildman–Crippen LogP) is 4.41. The van der Waals surface area contributed by atoms with Crippen molar-refractivity contribution >= 4 is 28.8 Å². The van der Waals surface area contributed by atoms with E-state index in [1.807, 2.05) is 31.2 Å². The van der Waals surface area contributed by atoms with E-state index in [2.05, 4.69) is 15.6 Å². The van der Waals surface area contributed by atoms with Crippen molar-refractivity contribution in [3.63, 3.8) is 0 Å². The molecule has 0 saturated heterocycles. The smallest absolute Gasteiger partial charge is 0.271 e. The van der Waals surface area contributed by atoms with Crippen LogP contribution in [0.15, 0.2) is 53.9 Å². The highest BCUT2D eigenvalue weighted by Gasteiger charge is 2.29. The predicted molar refractivity (Wildman–Crippen MR) is 132 cm³/mol. The molecule has 0 radical (unpaired) electrons. The largest absolute Gasteiger partial charge is 0.486 e. The van der Waals surface area contributed by atoms with Crippen molar-refractivity contribution in [1.29, 1.82) is 0 Å². The maximum atomic E-state index is 12.9. The fourth-order valence-corrected chi connectivity index (χ4v) is 4.65. The second-order valence-electron chi connectivity index (χ2n) is 8.48. The van der Waals surface area contributed by atoms with E-state index in [9.17, 15) is 19.7 Å². The lowest BCUT2D eigenvalue weighted by Crippen LogP contribution is -2.53. The molecule has 2 atom stereocenters. The second kappa shape index (κ2) is 11.1. The van der Waals surface area contributed by atoms with Gasteiger partial charge in [-0.15, -0.1) is 11.3 Å². The first-order valence-electron chi connectivity index (χ1n) is 11.4. The first-order valence-corrected chi connectivity index (χ1v) is 12.3. The van der Waals surface area contributed by atoms with E-state index >= 15 is 0 Å². The molecule has 1 heterocycles. The molecular formula is C25H26N4O5S. The van der Waals surface area contributed by atoms with Gasteiger partial charge in [-0.3, -0.25) is 19.7 Å². The fraction of sp³-hybridized carbons (Fsp3) is 0.320. The van der Waals surface area contributed by atoms with Gasteiger partial charge in [0.25, 0.3) is 17.5 Å². The Balaban J connectivity index is 1.33. The van der Waals surface area contributed by atoms with Gasteiger partial charge < -0.3 is 15.4 Å². The van der Waals surface area contributed by atoms with Gasteiger partial charge in [-0.2, -0.15) is 0 Å². The van der Waals surface area contributed by atoms with Gasteiger partial charge in [0, 0.05) is 35.2 Å². The van der Waals surface area contributed by atoms with Crippen LogP contribution in [0, 0.1) is 17.0 Å². The average molecular weight is 495 g/mol. The highest BCUT2D eigenvalue weighted by Crippen LogP contribution is 2.21. The minimum absolute atomic E-state index is 0.0729. The number of carbonyl (C=O) groups excluding carboxylic acids is 2. The lowest BCUT2D eigenvalue weighted by molar-refractivity contribution is -0.384. The Morgan fingerprint density at radius 1 is 1.03 bits per heavy atom. The van der Waals surface area contributed by atoms with Gasteiger partial charge in [-0.05, 0) is 44.0 Å². The van der Waals surface area contributed by atoms with Crippen LogP contribution in [-0.4, -0.2) is 33.8 Å². The molecule has 2 N–H and O–H groups in total. The third kappa shape index (κ3) is 6.42. The van der Waals surface area contributed by atoms with Crippen LogP contribution in [0.4, 0.5) is 5.69 Å². The van der Waals surface area contributed by atoms with Crippen LogP contribution in [-0.2, 0) is 6.61 Å². The quantitative estimate of drug-likeness (QED) is 0.353. The summed E-state index contributed by atoms with van der Waals surface area (Å²) in [6.45, 7) is 2.28. The normalized spacial score (nSPS) is 17.4. The van der Waals surface area contributed by atoms with Gasteiger partial charge in [-0.25, -0.2) is 4.98 Å². The Kier molecular flexibility index (Phi) is 7.71. The highest BCUT2D eigenvalue weighted by molar-refractivity contribution is 7.09. The van der Waals surface area contributed by atoms with E-state index in [0.29, 0.717) is 16.3 Å². The van der Waals surface area contributed by atoms with Gasteiger partial charge in [-0.1, -0.05) is 30.5 Å². The first kappa shape index (κ1) is 24.3. The zero-order chi connectivity index (χ0) is 24.8. The molecule has 182 valence electrons. The van der Waals surface area contributed by atoms with Crippen molar-refractivity contribution in [2.24, 2.45) is 0 Å². The number of ether oxygens (including phenoxy) is 1. The van der Waals surface area contributed by atoms with E-state index in [4.69, 9.17) is 4.74 Å². The van der Waals surface area contributed by atoms with Crippen LogP contribution >= 0.6 is 11.3 Å². The molecule has 0 unspecified atom stereocenters. The number of amides is 2. The Bertz CT molecular complexity index is 1190. The van der Waals surface area contributed by atoms with Gasteiger partial charge in [0.05, 0.1) is 4.92 Å². The number of hydrogen-bond donors (Lipinski definition) is 2. The third-order valence-corrected chi connectivity index (χ3v) is 6.73. The topological polar surface area (TPSA) is 123 Å². The number of carbonyl (C=O) groups is 2. The van der Waals surface area contributed by atoms with Crippen molar-refractivity contribution in [3.05, 3.63) is 85.9 Å². The van der Waals surface area contributed by atoms with Crippen LogP contribution in [0.2, 0.25) is 0 Å². The highest BCUT2D eigenvalue weighted by atomic mass is 32.1. The summed E-state index contributed by atoms with van der Waals surface area (Å²) < 4.78 is 5.74. The van der Waals surface area contributed by atoms with E-state index in [0.717, 1.165) is 37.0 Å². The monoisotopic (exact) mass is 494 g/mol. The number of nitrogens with zero attached hydrogens (tertiary/aromatic N) is 2. The number of aromatic nitrogens is 1. The van der Waals surface area contributed by atoms with Crippen molar-refractivity contribution in [3.8, 4) is 5.75 Å². The number of nitro groups is 1. The summed E-state index contributed by atoms with van der Waals surface area (Å²) in [5.41, 5.74) is 1.74. The van der Waals surface area contributed by atoms with Crippen molar-refractivity contribution in [2.75, 3.05) is 0 Å². The Morgan fingerprint density at radius 2 is 1.66 bits per heavy atom. The fourth-order valence-electron chi connectivity index (χ4n) is 3.97. The average Bonchev–Trinajstić information content (AvgIpc) is 3.34. The summed E-state index contributed by atoms with van der Waals surface area (Å²) in [6.07, 6.45) is 3.36. The molecule has 9 nitrogen and oxygen atoms in total. The first-order chi connectivity index (χ1) is 16.9. The summed E-state index contributed by atoms with van der Waals surface area (Å²) in [7, 11) is 0. The Labute approximate surface area is 206 Å². The summed E-state index contributed by atoms with van der Waals surface area (Å²) in [4.78, 5) is 40.3. The SMILES string of the molecule is Cc1ccc(OCc2nc(C(=O)N[C@H]3CCCC[C@H]3NC(=O)c3ccc([N+](=O)[O-])cc3)cs2)cc1. The minimum Gasteiger partial charge on any atom is -0.486 e.